The zero-order chi connectivity index (χ0) is 15.8. The molecule has 0 aliphatic heterocycles. The first-order chi connectivity index (χ1) is 9.92. The summed E-state index contributed by atoms with van der Waals surface area (Å²) in [5, 5.41) is 4.82. The zero-order valence-corrected chi connectivity index (χ0v) is 12.3. The quantitative estimate of drug-likeness (QED) is 0.655. The topological polar surface area (TPSA) is 84.5 Å². The Morgan fingerprint density at radius 2 is 1.86 bits per heavy atom. The zero-order valence-electron chi connectivity index (χ0n) is 11.6. The van der Waals surface area contributed by atoms with Gasteiger partial charge in [-0.3, -0.25) is 10.1 Å². The lowest BCUT2D eigenvalue weighted by Crippen LogP contribution is -2.43. The number of ether oxygens (including phenoxy) is 1. The van der Waals surface area contributed by atoms with Crippen molar-refractivity contribution in [3.8, 4) is 0 Å². The Morgan fingerprint density at radius 3 is 2.43 bits per heavy atom. The summed E-state index contributed by atoms with van der Waals surface area (Å²) in [5.74, 6) is -1.40. The smallest absolute Gasteiger partial charge is 0.331 e. The summed E-state index contributed by atoms with van der Waals surface area (Å²) in [7, 11) is 1.37. The van der Waals surface area contributed by atoms with Gasteiger partial charge in [0.1, 0.15) is 0 Å². The number of benzene rings is 1. The van der Waals surface area contributed by atoms with Crippen molar-refractivity contribution < 1.29 is 19.1 Å². The lowest BCUT2D eigenvalue weighted by atomic mass is 10.2. The number of carbonyl (C=O) groups excluding carboxylic acids is 3. The fourth-order valence-corrected chi connectivity index (χ4v) is 1.41. The van der Waals surface area contributed by atoms with Crippen LogP contribution in [0, 0.1) is 0 Å². The third-order valence-electron chi connectivity index (χ3n) is 2.41. The fraction of sp³-hybridized carbons (Fsp3) is 0.214. The molecule has 3 amide bonds. The minimum atomic E-state index is -1.08. The minimum absolute atomic E-state index is 0.592. The van der Waals surface area contributed by atoms with Crippen molar-refractivity contribution in [1.29, 1.82) is 0 Å². The maximum Gasteiger partial charge on any atom is 0.331 e. The molecule has 0 bridgehead atoms. The number of hydrogen-bond acceptors (Lipinski definition) is 4. The SMILES string of the molecule is CNC(=O)NC(=O)[C@H](C)OC(=O)/C=C/c1ccc(Cl)cc1. The van der Waals surface area contributed by atoms with Crippen LogP contribution in [0.15, 0.2) is 30.3 Å². The predicted molar refractivity (Wildman–Crippen MR) is 78.6 cm³/mol. The molecule has 0 radical (unpaired) electrons. The number of rotatable bonds is 4. The summed E-state index contributed by atoms with van der Waals surface area (Å²) in [6.07, 6.45) is 1.64. The van der Waals surface area contributed by atoms with Crippen LogP contribution >= 0.6 is 11.6 Å². The molecule has 112 valence electrons. The Labute approximate surface area is 127 Å². The molecule has 0 unspecified atom stereocenters. The van der Waals surface area contributed by atoms with Crippen LogP contribution in [0.1, 0.15) is 12.5 Å². The Bertz CT molecular complexity index is 555. The summed E-state index contributed by atoms with van der Waals surface area (Å²) in [4.78, 5) is 34.0. The van der Waals surface area contributed by atoms with E-state index in [0.717, 1.165) is 5.56 Å². The molecule has 7 heteroatoms. The van der Waals surface area contributed by atoms with Crippen LogP contribution in [0.4, 0.5) is 4.79 Å². The number of imide groups is 1. The van der Waals surface area contributed by atoms with Gasteiger partial charge >= 0.3 is 12.0 Å². The number of nitrogens with one attached hydrogen (secondary N) is 2. The lowest BCUT2D eigenvalue weighted by Gasteiger charge is -2.11. The Balaban J connectivity index is 2.51. The van der Waals surface area contributed by atoms with Crippen LogP contribution < -0.4 is 10.6 Å². The van der Waals surface area contributed by atoms with Gasteiger partial charge in [0.05, 0.1) is 0 Å². The van der Waals surface area contributed by atoms with E-state index in [2.05, 4.69) is 5.32 Å². The van der Waals surface area contributed by atoms with Gasteiger partial charge in [0, 0.05) is 18.1 Å². The van der Waals surface area contributed by atoms with E-state index in [1.807, 2.05) is 5.32 Å². The van der Waals surface area contributed by atoms with E-state index in [4.69, 9.17) is 16.3 Å². The molecule has 0 heterocycles. The first kappa shape index (κ1) is 16.7. The second-order valence-corrected chi connectivity index (χ2v) is 4.47. The highest BCUT2D eigenvalue weighted by molar-refractivity contribution is 6.30. The van der Waals surface area contributed by atoms with Crippen molar-refractivity contribution in [3.05, 3.63) is 40.9 Å². The van der Waals surface area contributed by atoms with Crippen LogP contribution in [0.2, 0.25) is 5.02 Å². The maximum absolute atomic E-state index is 11.5. The molecule has 0 aromatic heterocycles. The molecule has 0 aliphatic rings. The van der Waals surface area contributed by atoms with Gasteiger partial charge < -0.3 is 10.1 Å². The Kier molecular flexibility index (Phi) is 6.42. The summed E-state index contributed by atoms with van der Waals surface area (Å²) in [6.45, 7) is 1.37. The molecule has 0 spiro atoms. The number of urea groups is 1. The molecule has 0 saturated carbocycles. The highest BCUT2D eigenvalue weighted by Gasteiger charge is 2.18. The number of esters is 1. The van der Waals surface area contributed by atoms with Crippen LogP contribution in [0.5, 0.6) is 0 Å². The lowest BCUT2D eigenvalue weighted by molar-refractivity contribution is -0.149. The van der Waals surface area contributed by atoms with Crippen LogP contribution in [-0.4, -0.2) is 31.1 Å². The van der Waals surface area contributed by atoms with Gasteiger partial charge in [0.2, 0.25) is 0 Å². The molecule has 0 aliphatic carbocycles. The predicted octanol–water partition coefficient (Wildman–Crippen LogP) is 1.74. The first-order valence-corrected chi connectivity index (χ1v) is 6.47. The molecular formula is C14H15ClN2O4. The molecule has 1 aromatic carbocycles. The Morgan fingerprint density at radius 1 is 1.24 bits per heavy atom. The largest absolute Gasteiger partial charge is 0.449 e. The molecule has 1 aromatic rings. The van der Waals surface area contributed by atoms with Crippen LogP contribution in [-0.2, 0) is 14.3 Å². The average Bonchev–Trinajstić information content (AvgIpc) is 2.46. The van der Waals surface area contributed by atoms with Gasteiger partial charge in [0.15, 0.2) is 6.10 Å². The molecule has 1 atom stereocenters. The van der Waals surface area contributed by atoms with E-state index in [0.29, 0.717) is 5.02 Å². The molecule has 1 rings (SSSR count). The molecule has 2 N–H and O–H groups in total. The van der Waals surface area contributed by atoms with Gasteiger partial charge in [-0.2, -0.15) is 0 Å². The molecular weight excluding hydrogens is 296 g/mol. The van der Waals surface area contributed by atoms with Crippen LogP contribution in [0.25, 0.3) is 6.08 Å². The van der Waals surface area contributed by atoms with E-state index in [-0.39, 0.29) is 0 Å². The number of amides is 3. The van der Waals surface area contributed by atoms with Crippen molar-refractivity contribution in [1.82, 2.24) is 10.6 Å². The average molecular weight is 311 g/mol. The maximum atomic E-state index is 11.5. The van der Waals surface area contributed by atoms with Crippen molar-refractivity contribution in [2.75, 3.05) is 7.05 Å². The van der Waals surface area contributed by atoms with Crippen molar-refractivity contribution in [3.63, 3.8) is 0 Å². The van der Waals surface area contributed by atoms with Gasteiger partial charge in [0.25, 0.3) is 5.91 Å². The molecule has 6 nitrogen and oxygen atoms in total. The monoisotopic (exact) mass is 310 g/mol. The second kappa shape index (κ2) is 8.06. The van der Waals surface area contributed by atoms with E-state index >= 15 is 0 Å². The fourth-order valence-electron chi connectivity index (χ4n) is 1.28. The standard InChI is InChI=1S/C14H15ClN2O4/c1-9(13(19)17-14(20)16-2)21-12(18)8-5-10-3-6-11(15)7-4-10/h3-9H,1-2H3,(H2,16,17,19,20)/b8-5+/t9-/m0/s1. The van der Waals surface area contributed by atoms with E-state index in [9.17, 15) is 14.4 Å². The summed E-state index contributed by atoms with van der Waals surface area (Å²) < 4.78 is 4.86. The van der Waals surface area contributed by atoms with E-state index < -0.39 is 24.0 Å². The third kappa shape index (κ3) is 6.09. The van der Waals surface area contributed by atoms with Gasteiger partial charge in [-0.1, -0.05) is 23.7 Å². The van der Waals surface area contributed by atoms with Crippen molar-refractivity contribution >= 4 is 35.6 Å². The highest BCUT2D eigenvalue weighted by Crippen LogP contribution is 2.10. The van der Waals surface area contributed by atoms with E-state index in [1.165, 1.54) is 26.1 Å². The van der Waals surface area contributed by atoms with Gasteiger partial charge in [-0.15, -0.1) is 0 Å². The molecule has 0 saturated heterocycles. The highest BCUT2D eigenvalue weighted by atomic mass is 35.5. The number of carbonyl (C=O) groups is 3. The summed E-state index contributed by atoms with van der Waals surface area (Å²) >= 11 is 5.74. The summed E-state index contributed by atoms with van der Waals surface area (Å²) in [6, 6.07) is 6.17. The van der Waals surface area contributed by atoms with Crippen LogP contribution in [0.3, 0.4) is 0 Å². The molecule has 0 fully saturated rings. The minimum Gasteiger partial charge on any atom is -0.449 e. The normalized spacial score (nSPS) is 11.8. The second-order valence-electron chi connectivity index (χ2n) is 4.03. The number of halogens is 1. The third-order valence-corrected chi connectivity index (χ3v) is 2.66. The van der Waals surface area contributed by atoms with Gasteiger partial charge in [-0.05, 0) is 30.7 Å². The molecule has 21 heavy (non-hydrogen) atoms. The van der Waals surface area contributed by atoms with Crippen molar-refractivity contribution in [2.24, 2.45) is 0 Å². The summed E-state index contributed by atoms with van der Waals surface area (Å²) in [5.41, 5.74) is 0.763. The van der Waals surface area contributed by atoms with Gasteiger partial charge in [-0.25, -0.2) is 9.59 Å². The van der Waals surface area contributed by atoms with Crippen molar-refractivity contribution in [2.45, 2.75) is 13.0 Å². The van der Waals surface area contributed by atoms with E-state index in [1.54, 1.807) is 24.3 Å². The Hall–Kier alpha value is -2.34. The number of hydrogen-bond donors (Lipinski definition) is 2. The first-order valence-electron chi connectivity index (χ1n) is 6.09.